The molecule has 4 aromatic rings. The summed E-state index contributed by atoms with van der Waals surface area (Å²) in [5, 5.41) is 13.0. The monoisotopic (exact) mass is 402 g/mol. The lowest BCUT2D eigenvalue weighted by Gasteiger charge is -2.07. The van der Waals surface area contributed by atoms with Gasteiger partial charge in [-0.3, -0.25) is 0 Å². The molecule has 0 fully saturated rings. The van der Waals surface area contributed by atoms with Gasteiger partial charge in [0.25, 0.3) is 0 Å². The van der Waals surface area contributed by atoms with Crippen LogP contribution in [0.3, 0.4) is 0 Å². The van der Waals surface area contributed by atoms with Gasteiger partial charge in [-0.2, -0.15) is 0 Å². The molecule has 0 bridgehead atoms. The van der Waals surface area contributed by atoms with Gasteiger partial charge in [0.15, 0.2) is 0 Å². The van der Waals surface area contributed by atoms with Crippen LogP contribution in [-0.2, 0) is 0 Å². The average Bonchev–Trinajstić information content (AvgIpc) is 3.14. The lowest BCUT2D eigenvalue weighted by atomic mass is 10.1. The molecule has 0 saturated heterocycles. The zero-order chi connectivity index (χ0) is 20.2. The van der Waals surface area contributed by atoms with Crippen LogP contribution in [0.15, 0.2) is 60.8 Å². The number of nitrogens with zero attached hydrogens (tertiary/aromatic N) is 2. The van der Waals surface area contributed by atoms with E-state index < -0.39 is 0 Å². The topological polar surface area (TPSA) is 73.8 Å². The quantitative estimate of drug-likeness (QED) is 0.440. The number of anilines is 1. The van der Waals surface area contributed by atoms with E-state index in [0.717, 1.165) is 27.7 Å². The van der Waals surface area contributed by atoms with Crippen molar-refractivity contribution in [1.82, 2.24) is 15.0 Å². The third-order valence-corrected chi connectivity index (χ3v) is 4.67. The molecule has 0 radical (unpaired) electrons. The molecule has 2 aromatic heterocycles. The number of pyridine rings is 1. The first-order valence-corrected chi connectivity index (χ1v) is 9.60. The number of aromatic nitrogens is 3. The lowest BCUT2D eigenvalue weighted by Crippen LogP contribution is -2.19. The van der Waals surface area contributed by atoms with Crippen LogP contribution in [0.1, 0.15) is 18.2 Å². The van der Waals surface area contributed by atoms with Gasteiger partial charge in [0.1, 0.15) is 5.69 Å². The first-order valence-electron chi connectivity index (χ1n) is 9.22. The number of aliphatic hydroxyl groups is 1. The summed E-state index contributed by atoms with van der Waals surface area (Å²) in [6.07, 6.45) is 1.81. The van der Waals surface area contributed by atoms with E-state index in [2.05, 4.69) is 32.1 Å². The third kappa shape index (κ3) is 4.57. The molecule has 5 nitrogen and oxygen atoms in total. The standard InChI is InChI=1S/C23H19ClN4O/c1-15(14-29)26-23-27-21-11-3-16(12-22(21)28-23)2-9-20-10-6-18(13-25-20)17-4-7-19(24)8-5-17/h3-8,10-13,15,29H,14H2,1H3,(H2,26,27,28). The van der Waals surface area contributed by atoms with Gasteiger partial charge < -0.3 is 15.4 Å². The summed E-state index contributed by atoms with van der Waals surface area (Å²) in [6, 6.07) is 17.3. The number of rotatable bonds is 4. The van der Waals surface area contributed by atoms with E-state index in [1.54, 1.807) is 0 Å². The molecule has 4 rings (SSSR count). The third-order valence-electron chi connectivity index (χ3n) is 4.42. The van der Waals surface area contributed by atoms with E-state index in [4.69, 9.17) is 16.7 Å². The number of hydrogen-bond donors (Lipinski definition) is 3. The van der Waals surface area contributed by atoms with Crippen LogP contribution in [0.25, 0.3) is 22.2 Å². The van der Waals surface area contributed by atoms with Crippen LogP contribution in [0, 0.1) is 11.8 Å². The Morgan fingerprint density at radius 3 is 2.59 bits per heavy atom. The van der Waals surface area contributed by atoms with Gasteiger partial charge in [0.05, 0.1) is 17.6 Å². The second kappa shape index (κ2) is 8.36. The van der Waals surface area contributed by atoms with Gasteiger partial charge in [0.2, 0.25) is 5.95 Å². The fraction of sp³-hybridized carbons (Fsp3) is 0.130. The van der Waals surface area contributed by atoms with E-state index in [0.29, 0.717) is 16.7 Å². The minimum atomic E-state index is -0.0725. The molecule has 144 valence electrons. The minimum Gasteiger partial charge on any atom is -0.394 e. The van der Waals surface area contributed by atoms with E-state index >= 15 is 0 Å². The van der Waals surface area contributed by atoms with Gasteiger partial charge in [-0.05, 0) is 54.8 Å². The van der Waals surface area contributed by atoms with E-state index in [-0.39, 0.29) is 12.6 Å². The Bertz CT molecular complexity index is 1190. The lowest BCUT2D eigenvalue weighted by molar-refractivity contribution is 0.281. The van der Waals surface area contributed by atoms with Gasteiger partial charge >= 0.3 is 0 Å². The second-order valence-electron chi connectivity index (χ2n) is 6.73. The Labute approximate surface area is 173 Å². The normalized spacial score (nSPS) is 11.7. The number of H-pyrrole nitrogens is 1. The SMILES string of the molecule is CC(CO)Nc1nc2cc(C#Cc3ccc(-c4ccc(Cl)cc4)cn3)ccc2[nH]1. The number of fused-ring (bicyclic) bond motifs is 1. The summed E-state index contributed by atoms with van der Waals surface area (Å²) < 4.78 is 0. The van der Waals surface area contributed by atoms with Crippen molar-refractivity contribution in [3.63, 3.8) is 0 Å². The number of nitrogens with one attached hydrogen (secondary N) is 2. The molecule has 3 N–H and O–H groups in total. The number of aliphatic hydroxyl groups excluding tert-OH is 1. The first kappa shape index (κ1) is 19.0. The van der Waals surface area contributed by atoms with Crippen LogP contribution >= 0.6 is 11.6 Å². The summed E-state index contributed by atoms with van der Waals surface area (Å²) in [5.41, 5.74) is 5.36. The number of aromatic amines is 1. The van der Waals surface area contributed by atoms with Gasteiger partial charge in [-0.1, -0.05) is 35.7 Å². The van der Waals surface area contributed by atoms with Crippen LogP contribution in [0.4, 0.5) is 5.95 Å². The van der Waals surface area contributed by atoms with Crippen molar-refractivity contribution in [3.05, 3.63) is 77.1 Å². The predicted molar refractivity (Wildman–Crippen MR) is 117 cm³/mol. The maximum atomic E-state index is 9.15. The van der Waals surface area contributed by atoms with Crippen LogP contribution < -0.4 is 5.32 Å². The summed E-state index contributed by atoms with van der Waals surface area (Å²) in [4.78, 5) is 12.1. The number of imidazole rings is 1. The highest BCUT2D eigenvalue weighted by molar-refractivity contribution is 6.30. The molecule has 0 saturated carbocycles. The van der Waals surface area contributed by atoms with Gasteiger partial charge in [0, 0.05) is 28.4 Å². The fourth-order valence-corrected chi connectivity index (χ4v) is 2.97. The molecule has 0 amide bonds. The second-order valence-corrected chi connectivity index (χ2v) is 7.17. The molecule has 2 aromatic carbocycles. The number of benzene rings is 2. The zero-order valence-electron chi connectivity index (χ0n) is 15.8. The maximum absolute atomic E-state index is 9.15. The fourth-order valence-electron chi connectivity index (χ4n) is 2.85. The molecule has 1 unspecified atom stereocenters. The van der Waals surface area contributed by atoms with Crippen molar-refractivity contribution >= 4 is 28.6 Å². The smallest absolute Gasteiger partial charge is 0.201 e. The van der Waals surface area contributed by atoms with Crippen molar-refractivity contribution in [2.75, 3.05) is 11.9 Å². The number of halogens is 1. The van der Waals surface area contributed by atoms with E-state index in [9.17, 15) is 0 Å². The van der Waals surface area contributed by atoms with Crippen molar-refractivity contribution in [2.45, 2.75) is 13.0 Å². The predicted octanol–water partition coefficient (Wildman–Crippen LogP) is 4.47. The molecular weight excluding hydrogens is 384 g/mol. The Balaban J connectivity index is 1.52. The maximum Gasteiger partial charge on any atom is 0.201 e. The Kier molecular flexibility index (Phi) is 5.48. The van der Waals surface area contributed by atoms with Crippen molar-refractivity contribution in [1.29, 1.82) is 0 Å². The van der Waals surface area contributed by atoms with Crippen molar-refractivity contribution < 1.29 is 5.11 Å². The molecule has 1 atom stereocenters. The van der Waals surface area contributed by atoms with Crippen LogP contribution in [-0.4, -0.2) is 32.7 Å². The molecule has 0 aliphatic carbocycles. The molecular formula is C23H19ClN4O. The van der Waals surface area contributed by atoms with Gasteiger partial charge in [-0.15, -0.1) is 0 Å². The summed E-state index contributed by atoms with van der Waals surface area (Å²) >= 11 is 5.94. The highest BCUT2D eigenvalue weighted by atomic mass is 35.5. The molecule has 0 spiro atoms. The summed E-state index contributed by atoms with van der Waals surface area (Å²) in [6.45, 7) is 1.92. The molecule has 6 heteroatoms. The van der Waals surface area contributed by atoms with Crippen LogP contribution in [0.2, 0.25) is 5.02 Å². The first-order chi connectivity index (χ1) is 14.1. The molecule has 0 aliphatic rings. The number of hydrogen-bond acceptors (Lipinski definition) is 4. The minimum absolute atomic E-state index is 0.0393. The van der Waals surface area contributed by atoms with E-state index in [1.807, 2.05) is 67.7 Å². The summed E-state index contributed by atoms with van der Waals surface area (Å²) in [5.74, 6) is 6.86. The zero-order valence-corrected chi connectivity index (χ0v) is 16.5. The van der Waals surface area contributed by atoms with Gasteiger partial charge in [-0.25, -0.2) is 9.97 Å². The Morgan fingerprint density at radius 2 is 1.86 bits per heavy atom. The Morgan fingerprint density at radius 1 is 1.07 bits per heavy atom. The largest absolute Gasteiger partial charge is 0.394 e. The highest BCUT2D eigenvalue weighted by Gasteiger charge is 2.06. The average molecular weight is 403 g/mol. The molecule has 29 heavy (non-hydrogen) atoms. The van der Waals surface area contributed by atoms with Crippen molar-refractivity contribution in [3.8, 4) is 23.0 Å². The highest BCUT2D eigenvalue weighted by Crippen LogP contribution is 2.21. The van der Waals surface area contributed by atoms with Crippen molar-refractivity contribution in [2.24, 2.45) is 0 Å². The Hall–Kier alpha value is -3.33. The van der Waals surface area contributed by atoms with Crippen LogP contribution in [0.5, 0.6) is 0 Å². The van der Waals surface area contributed by atoms with E-state index in [1.165, 1.54) is 0 Å². The molecule has 0 aliphatic heterocycles. The molecule has 2 heterocycles. The summed E-state index contributed by atoms with van der Waals surface area (Å²) in [7, 11) is 0.